The first-order chi connectivity index (χ1) is 7.60. The lowest BCUT2D eigenvalue weighted by Crippen LogP contribution is -2.66. The zero-order valence-electron chi connectivity index (χ0n) is 11.1. The van der Waals surface area contributed by atoms with Gasteiger partial charge in [-0.15, -0.1) is 0 Å². The Labute approximate surface area is 100.0 Å². The van der Waals surface area contributed by atoms with E-state index in [-0.39, 0.29) is 0 Å². The smallest absolute Gasteiger partial charge is 0.0333 e. The third-order valence-electron chi connectivity index (χ3n) is 4.06. The molecule has 1 atom stereocenters. The van der Waals surface area contributed by atoms with Crippen LogP contribution < -0.4 is 10.6 Å². The van der Waals surface area contributed by atoms with Crippen molar-refractivity contribution < 1.29 is 0 Å². The molecule has 2 aliphatic heterocycles. The summed E-state index contributed by atoms with van der Waals surface area (Å²) in [5.41, 5.74) is 0.393. The molecule has 94 valence electrons. The maximum absolute atomic E-state index is 3.93. The van der Waals surface area contributed by atoms with Gasteiger partial charge in [0.1, 0.15) is 0 Å². The van der Waals surface area contributed by atoms with Crippen molar-refractivity contribution in [2.24, 2.45) is 5.92 Å². The standard InChI is InChI=1S/C13H27N3/c1-11(2)8-12-9-14-10-13(15-12)4-6-16(3)7-5-13/h11-12,14-15H,4-10H2,1-3H3/t12-/m1/s1. The topological polar surface area (TPSA) is 27.3 Å². The molecule has 0 aromatic heterocycles. The van der Waals surface area contributed by atoms with E-state index in [2.05, 4.69) is 36.4 Å². The molecule has 16 heavy (non-hydrogen) atoms. The second-order valence-electron chi connectivity index (χ2n) is 6.19. The lowest BCUT2D eigenvalue weighted by Gasteiger charge is -2.47. The Kier molecular flexibility index (Phi) is 3.88. The highest BCUT2D eigenvalue weighted by Crippen LogP contribution is 2.24. The summed E-state index contributed by atoms with van der Waals surface area (Å²) in [6, 6.07) is 0.678. The SMILES string of the molecule is CC(C)C[C@@H]1CNCC2(CCN(C)CC2)N1. The molecule has 3 nitrogen and oxygen atoms in total. The molecule has 2 rings (SSSR count). The average Bonchev–Trinajstić information content (AvgIpc) is 2.22. The van der Waals surface area contributed by atoms with E-state index in [1.165, 1.54) is 32.4 Å². The van der Waals surface area contributed by atoms with Gasteiger partial charge in [-0.25, -0.2) is 0 Å². The maximum atomic E-state index is 3.93. The molecule has 0 aromatic carbocycles. The van der Waals surface area contributed by atoms with Gasteiger partial charge < -0.3 is 15.5 Å². The summed E-state index contributed by atoms with van der Waals surface area (Å²) in [5.74, 6) is 0.792. The first kappa shape index (κ1) is 12.3. The number of nitrogens with one attached hydrogen (secondary N) is 2. The molecular formula is C13H27N3. The van der Waals surface area contributed by atoms with Gasteiger partial charge in [0.05, 0.1) is 0 Å². The van der Waals surface area contributed by atoms with Crippen LogP contribution in [0.5, 0.6) is 0 Å². The van der Waals surface area contributed by atoms with E-state index in [0.29, 0.717) is 11.6 Å². The zero-order valence-corrected chi connectivity index (χ0v) is 11.1. The predicted molar refractivity (Wildman–Crippen MR) is 68.7 cm³/mol. The molecule has 0 aliphatic carbocycles. The van der Waals surface area contributed by atoms with Crippen molar-refractivity contribution in [3.8, 4) is 0 Å². The minimum absolute atomic E-state index is 0.393. The molecule has 2 saturated heterocycles. The molecule has 0 unspecified atom stereocenters. The number of hydrogen-bond acceptors (Lipinski definition) is 3. The van der Waals surface area contributed by atoms with Crippen LogP contribution in [0.2, 0.25) is 0 Å². The van der Waals surface area contributed by atoms with Crippen LogP contribution in [0.4, 0.5) is 0 Å². The van der Waals surface area contributed by atoms with Gasteiger partial charge in [0.2, 0.25) is 0 Å². The fraction of sp³-hybridized carbons (Fsp3) is 1.00. The Balaban J connectivity index is 1.90. The summed E-state index contributed by atoms with van der Waals surface area (Å²) in [6.07, 6.45) is 3.89. The maximum Gasteiger partial charge on any atom is 0.0333 e. The van der Waals surface area contributed by atoms with Crippen molar-refractivity contribution in [1.29, 1.82) is 0 Å². The molecular weight excluding hydrogens is 198 g/mol. The quantitative estimate of drug-likeness (QED) is 0.736. The molecule has 0 aromatic rings. The third kappa shape index (κ3) is 2.96. The van der Waals surface area contributed by atoms with Crippen LogP contribution in [-0.2, 0) is 0 Å². The van der Waals surface area contributed by atoms with Crippen LogP contribution in [0.1, 0.15) is 33.1 Å². The van der Waals surface area contributed by atoms with Crippen LogP contribution in [0.25, 0.3) is 0 Å². The summed E-state index contributed by atoms with van der Waals surface area (Å²) in [5, 5.41) is 7.57. The molecule has 3 heteroatoms. The van der Waals surface area contributed by atoms with Crippen molar-refractivity contribution in [3.05, 3.63) is 0 Å². The van der Waals surface area contributed by atoms with Crippen molar-refractivity contribution in [2.45, 2.75) is 44.7 Å². The van der Waals surface area contributed by atoms with Crippen LogP contribution in [0, 0.1) is 5.92 Å². The van der Waals surface area contributed by atoms with E-state index in [9.17, 15) is 0 Å². The molecule has 2 fully saturated rings. The van der Waals surface area contributed by atoms with Gasteiger partial charge in [-0.1, -0.05) is 13.8 Å². The Morgan fingerprint density at radius 1 is 1.31 bits per heavy atom. The molecule has 0 saturated carbocycles. The van der Waals surface area contributed by atoms with Gasteiger partial charge in [-0.05, 0) is 45.3 Å². The van der Waals surface area contributed by atoms with Gasteiger partial charge in [-0.3, -0.25) is 0 Å². The van der Waals surface area contributed by atoms with E-state index < -0.39 is 0 Å². The van der Waals surface area contributed by atoms with E-state index in [1.54, 1.807) is 0 Å². The van der Waals surface area contributed by atoms with E-state index >= 15 is 0 Å². The molecule has 1 spiro atoms. The number of piperazine rings is 1. The average molecular weight is 225 g/mol. The highest BCUT2D eigenvalue weighted by atomic mass is 15.2. The monoisotopic (exact) mass is 225 g/mol. The second kappa shape index (κ2) is 5.03. The van der Waals surface area contributed by atoms with Gasteiger partial charge in [0.25, 0.3) is 0 Å². The second-order valence-corrected chi connectivity index (χ2v) is 6.19. The largest absolute Gasteiger partial charge is 0.313 e. The van der Waals surface area contributed by atoms with Crippen molar-refractivity contribution in [3.63, 3.8) is 0 Å². The molecule has 0 bridgehead atoms. The number of rotatable bonds is 2. The lowest BCUT2D eigenvalue weighted by molar-refractivity contribution is 0.114. The molecule has 2 heterocycles. The number of hydrogen-bond donors (Lipinski definition) is 2. The van der Waals surface area contributed by atoms with Crippen molar-refractivity contribution in [2.75, 3.05) is 33.2 Å². The van der Waals surface area contributed by atoms with Crippen molar-refractivity contribution >= 4 is 0 Å². The van der Waals surface area contributed by atoms with Gasteiger partial charge in [0, 0.05) is 24.7 Å². The molecule has 0 amide bonds. The summed E-state index contributed by atoms with van der Waals surface area (Å²) >= 11 is 0. The number of likely N-dealkylation sites (tertiary alicyclic amines) is 1. The number of nitrogens with zero attached hydrogens (tertiary/aromatic N) is 1. The Bertz CT molecular complexity index is 219. The third-order valence-corrected chi connectivity index (χ3v) is 4.06. The minimum atomic E-state index is 0.393. The molecule has 0 radical (unpaired) electrons. The molecule has 2 aliphatic rings. The van der Waals surface area contributed by atoms with Crippen LogP contribution in [-0.4, -0.2) is 49.7 Å². The van der Waals surface area contributed by atoms with E-state index in [1.807, 2.05) is 0 Å². The highest BCUT2D eigenvalue weighted by Gasteiger charge is 2.37. The molecule has 2 N–H and O–H groups in total. The fourth-order valence-corrected chi connectivity index (χ4v) is 3.10. The summed E-state index contributed by atoms with van der Waals surface area (Å²) < 4.78 is 0. The van der Waals surface area contributed by atoms with E-state index in [0.717, 1.165) is 19.0 Å². The van der Waals surface area contributed by atoms with E-state index in [4.69, 9.17) is 0 Å². The van der Waals surface area contributed by atoms with Gasteiger partial charge in [-0.2, -0.15) is 0 Å². The first-order valence-corrected chi connectivity index (χ1v) is 6.77. The fourth-order valence-electron chi connectivity index (χ4n) is 3.10. The summed E-state index contributed by atoms with van der Waals surface area (Å²) in [7, 11) is 2.23. The van der Waals surface area contributed by atoms with Crippen molar-refractivity contribution in [1.82, 2.24) is 15.5 Å². The predicted octanol–water partition coefficient (Wildman–Crippen LogP) is 1.06. The van der Waals surface area contributed by atoms with Crippen LogP contribution in [0.3, 0.4) is 0 Å². The highest BCUT2D eigenvalue weighted by molar-refractivity contribution is 5.00. The lowest BCUT2D eigenvalue weighted by atomic mass is 9.84. The van der Waals surface area contributed by atoms with Crippen LogP contribution in [0.15, 0.2) is 0 Å². The van der Waals surface area contributed by atoms with Crippen LogP contribution >= 0.6 is 0 Å². The first-order valence-electron chi connectivity index (χ1n) is 6.77. The number of piperidine rings is 1. The Morgan fingerprint density at radius 2 is 2.00 bits per heavy atom. The van der Waals surface area contributed by atoms with Gasteiger partial charge in [0.15, 0.2) is 0 Å². The summed E-state index contributed by atoms with van der Waals surface area (Å²) in [4.78, 5) is 2.44. The minimum Gasteiger partial charge on any atom is -0.313 e. The summed E-state index contributed by atoms with van der Waals surface area (Å²) in [6.45, 7) is 9.42. The normalized spacial score (nSPS) is 31.1. The Morgan fingerprint density at radius 3 is 2.62 bits per heavy atom. The van der Waals surface area contributed by atoms with Gasteiger partial charge >= 0.3 is 0 Å². The zero-order chi connectivity index (χ0) is 11.6. The Hall–Kier alpha value is -0.120.